The summed E-state index contributed by atoms with van der Waals surface area (Å²) >= 11 is 0. The number of carboxylic acids is 1. The first kappa shape index (κ1) is 14.2. The summed E-state index contributed by atoms with van der Waals surface area (Å²) in [5.74, 6) is -0.868. The van der Waals surface area contributed by atoms with Gasteiger partial charge in [-0.05, 0) is 17.9 Å². The molecule has 1 unspecified atom stereocenters. The lowest BCUT2D eigenvalue weighted by molar-refractivity contribution is -0.139. The summed E-state index contributed by atoms with van der Waals surface area (Å²) in [4.78, 5) is 27.3. The van der Waals surface area contributed by atoms with Crippen molar-refractivity contribution in [2.75, 3.05) is 0 Å². The second-order valence-corrected chi connectivity index (χ2v) is 6.10. The van der Waals surface area contributed by atoms with E-state index in [4.69, 9.17) is 0 Å². The minimum Gasteiger partial charge on any atom is -0.480 e. The SMILES string of the molecule is CC(C)(C)CC(N=C1NC(=O)c2ccccc21)C(=O)O. The fourth-order valence-electron chi connectivity index (χ4n) is 2.16. The first-order chi connectivity index (χ1) is 9.28. The van der Waals surface area contributed by atoms with Crippen molar-refractivity contribution in [2.45, 2.75) is 33.2 Å². The summed E-state index contributed by atoms with van der Waals surface area (Å²) in [6.07, 6.45) is 0.407. The number of aliphatic carboxylic acids is 1. The first-order valence-corrected chi connectivity index (χ1v) is 6.49. The molecule has 0 spiro atoms. The molecule has 2 N–H and O–H groups in total. The van der Waals surface area contributed by atoms with E-state index in [1.54, 1.807) is 24.3 Å². The number of carboxylic acid groups (broad SMARTS) is 1. The molecule has 0 fully saturated rings. The number of amidine groups is 1. The molecule has 1 amide bonds. The minimum absolute atomic E-state index is 0.157. The van der Waals surface area contributed by atoms with Gasteiger partial charge in [-0.2, -0.15) is 0 Å². The summed E-state index contributed by atoms with van der Waals surface area (Å²) in [6.45, 7) is 5.89. The number of carbonyl (C=O) groups excluding carboxylic acids is 1. The van der Waals surface area contributed by atoms with Crippen LogP contribution in [0.25, 0.3) is 0 Å². The molecule has 0 saturated carbocycles. The monoisotopic (exact) mass is 274 g/mol. The van der Waals surface area contributed by atoms with E-state index < -0.39 is 12.0 Å². The highest BCUT2D eigenvalue weighted by molar-refractivity contribution is 6.23. The number of nitrogens with zero attached hydrogens (tertiary/aromatic N) is 1. The van der Waals surface area contributed by atoms with Gasteiger partial charge in [0.2, 0.25) is 0 Å². The fourth-order valence-corrected chi connectivity index (χ4v) is 2.16. The van der Waals surface area contributed by atoms with Gasteiger partial charge in [-0.1, -0.05) is 39.0 Å². The van der Waals surface area contributed by atoms with Crippen LogP contribution in [0.1, 0.15) is 43.1 Å². The highest BCUT2D eigenvalue weighted by Crippen LogP contribution is 2.24. The molecule has 5 heteroatoms. The molecule has 0 bridgehead atoms. The van der Waals surface area contributed by atoms with Crippen molar-refractivity contribution in [3.8, 4) is 0 Å². The molecule has 1 aromatic carbocycles. The van der Waals surface area contributed by atoms with Crippen molar-refractivity contribution in [3.63, 3.8) is 0 Å². The summed E-state index contributed by atoms with van der Waals surface area (Å²) in [7, 11) is 0. The smallest absolute Gasteiger partial charge is 0.328 e. The van der Waals surface area contributed by atoms with Crippen molar-refractivity contribution in [1.82, 2.24) is 5.32 Å². The van der Waals surface area contributed by atoms with Gasteiger partial charge in [0.25, 0.3) is 5.91 Å². The lowest BCUT2D eigenvalue weighted by Gasteiger charge is -2.21. The Morgan fingerprint density at radius 2 is 1.90 bits per heavy atom. The van der Waals surface area contributed by atoms with Crippen LogP contribution >= 0.6 is 0 Å². The average molecular weight is 274 g/mol. The lowest BCUT2D eigenvalue weighted by atomic mass is 9.88. The van der Waals surface area contributed by atoms with Crippen LogP contribution in [0.15, 0.2) is 29.3 Å². The molecule has 0 aromatic heterocycles. The third-order valence-corrected chi connectivity index (χ3v) is 3.03. The van der Waals surface area contributed by atoms with Gasteiger partial charge in [0, 0.05) is 5.56 Å². The van der Waals surface area contributed by atoms with Gasteiger partial charge in [-0.3, -0.25) is 9.79 Å². The fraction of sp³-hybridized carbons (Fsp3) is 0.400. The number of hydrogen-bond donors (Lipinski definition) is 2. The van der Waals surface area contributed by atoms with E-state index in [1.165, 1.54) is 0 Å². The molecule has 1 heterocycles. The molecule has 0 radical (unpaired) electrons. The Hall–Kier alpha value is -2.17. The van der Waals surface area contributed by atoms with Crippen molar-refractivity contribution in [2.24, 2.45) is 10.4 Å². The molecule has 0 aliphatic carbocycles. The molecular formula is C15H18N2O3. The summed E-state index contributed by atoms with van der Waals surface area (Å²) in [6, 6.07) is 6.17. The number of benzene rings is 1. The molecule has 1 aliphatic rings. The number of rotatable bonds is 3. The van der Waals surface area contributed by atoms with E-state index in [-0.39, 0.29) is 11.3 Å². The normalized spacial score (nSPS) is 17.8. The first-order valence-electron chi connectivity index (χ1n) is 6.49. The van der Waals surface area contributed by atoms with Crippen LogP contribution < -0.4 is 5.32 Å². The van der Waals surface area contributed by atoms with E-state index >= 15 is 0 Å². The number of fused-ring (bicyclic) bond motifs is 1. The molecular weight excluding hydrogens is 256 g/mol. The predicted octanol–water partition coefficient (Wildman–Crippen LogP) is 2.07. The Morgan fingerprint density at radius 3 is 2.45 bits per heavy atom. The van der Waals surface area contributed by atoms with Crippen LogP contribution in [-0.4, -0.2) is 28.9 Å². The molecule has 20 heavy (non-hydrogen) atoms. The zero-order valence-electron chi connectivity index (χ0n) is 11.8. The average Bonchev–Trinajstić information content (AvgIpc) is 2.65. The van der Waals surface area contributed by atoms with Crippen LogP contribution in [-0.2, 0) is 4.79 Å². The predicted molar refractivity (Wildman–Crippen MR) is 75.9 cm³/mol. The summed E-state index contributed by atoms with van der Waals surface area (Å²) < 4.78 is 0. The molecule has 2 rings (SSSR count). The zero-order chi connectivity index (χ0) is 14.9. The molecule has 1 aromatic rings. The van der Waals surface area contributed by atoms with Crippen molar-refractivity contribution in [1.29, 1.82) is 0 Å². The zero-order valence-corrected chi connectivity index (χ0v) is 11.8. The largest absolute Gasteiger partial charge is 0.480 e. The van der Waals surface area contributed by atoms with E-state index in [1.807, 2.05) is 20.8 Å². The van der Waals surface area contributed by atoms with Gasteiger partial charge >= 0.3 is 5.97 Å². The van der Waals surface area contributed by atoms with Gasteiger partial charge in [0.1, 0.15) is 11.9 Å². The number of amides is 1. The van der Waals surface area contributed by atoms with Gasteiger partial charge in [0.15, 0.2) is 0 Å². The Kier molecular flexibility index (Phi) is 3.61. The Labute approximate surface area is 117 Å². The van der Waals surface area contributed by atoms with E-state index in [0.29, 0.717) is 23.4 Å². The van der Waals surface area contributed by atoms with Crippen LogP contribution in [0.3, 0.4) is 0 Å². The van der Waals surface area contributed by atoms with Crippen LogP contribution in [0.2, 0.25) is 0 Å². The third kappa shape index (κ3) is 3.04. The Morgan fingerprint density at radius 1 is 1.30 bits per heavy atom. The number of aliphatic imine (C=N–C) groups is 1. The molecule has 1 aliphatic heterocycles. The number of carbonyl (C=O) groups is 2. The summed E-state index contributed by atoms with van der Waals surface area (Å²) in [5.41, 5.74) is 1.04. The standard InChI is InChI=1S/C15H18N2O3/c1-15(2,3)8-11(14(19)20)16-12-9-6-4-5-7-10(9)13(18)17-12/h4-7,11H,8H2,1-3H3,(H,19,20)(H,16,17,18). The second kappa shape index (κ2) is 5.07. The van der Waals surface area contributed by atoms with Gasteiger partial charge in [0.05, 0.1) is 5.56 Å². The van der Waals surface area contributed by atoms with Gasteiger partial charge in [-0.15, -0.1) is 0 Å². The Balaban J connectivity index is 2.35. The number of hydrogen-bond acceptors (Lipinski definition) is 3. The van der Waals surface area contributed by atoms with E-state index in [2.05, 4.69) is 10.3 Å². The van der Waals surface area contributed by atoms with Crippen molar-refractivity contribution >= 4 is 17.7 Å². The van der Waals surface area contributed by atoms with Crippen LogP contribution in [0, 0.1) is 5.41 Å². The maximum absolute atomic E-state index is 11.8. The Bertz CT molecular complexity index is 585. The van der Waals surface area contributed by atoms with E-state index in [0.717, 1.165) is 0 Å². The van der Waals surface area contributed by atoms with Gasteiger partial charge < -0.3 is 10.4 Å². The quantitative estimate of drug-likeness (QED) is 0.885. The highest BCUT2D eigenvalue weighted by atomic mass is 16.4. The second-order valence-electron chi connectivity index (χ2n) is 6.10. The number of nitrogens with one attached hydrogen (secondary N) is 1. The maximum Gasteiger partial charge on any atom is 0.328 e. The third-order valence-electron chi connectivity index (χ3n) is 3.03. The maximum atomic E-state index is 11.8. The molecule has 106 valence electrons. The topological polar surface area (TPSA) is 78.8 Å². The van der Waals surface area contributed by atoms with Crippen LogP contribution in [0.4, 0.5) is 0 Å². The highest BCUT2D eigenvalue weighted by Gasteiger charge is 2.29. The summed E-state index contributed by atoms with van der Waals surface area (Å²) in [5, 5.41) is 11.9. The van der Waals surface area contributed by atoms with Crippen LogP contribution in [0.5, 0.6) is 0 Å². The van der Waals surface area contributed by atoms with Crippen molar-refractivity contribution in [3.05, 3.63) is 35.4 Å². The van der Waals surface area contributed by atoms with Crippen molar-refractivity contribution < 1.29 is 14.7 Å². The molecule has 5 nitrogen and oxygen atoms in total. The van der Waals surface area contributed by atoms with Gasteiger partial charge in [-0.25, -0.2) is 4.79 Å². The minimum atomic E-state index is -0.981. The molecule has 1 atom stereocenters. The molecule has 0 saturated heterocycles. The van der Waals surface area contributed by atoms with E-state index in [9.17, 15) is 14.7 Å². The lowest BCUT2D eigenvalue weighted by Crippen LogP contribution is -2.29.